The highest BCUT2D eigenvalue weighted by Crippen LogP contribution is 2.28. The van der Waals surface area contributed by atoms with Gasteiger partial charge in [-0.25, -0.2) is 0 Å². The summed E-state index contributed by atoms with van der Waals surface area (Å²) in [4.78, 5) is 11.1. The Bertz CT molecular complexity index is 448. The van der Waals surface area contributed by atoms with Crippen LogP contribution in [0.1, 0.15) is 24.9 Å². The van der Waals surface area contributed by atoms with E-state index in [-0.39, 0.29) is 23.7 Å². The lowest BCUT2D eigenvalue weighted by Crippen LogP contribution is -2.33. The van der Waals surface area contributed by atoms with Crippen LogP contribution in [0.25, 0.3) is 0 Å². The number of rotatable bonds is 4. The summed E-state index contributed by atoms with van der Waals surface area (Å²) in [6.07, 6.45) is 0.487. The van der Waals surface area contributed by atoms with E-state index in [1.807, 2.05) is 19.1 Å². The Morgan fingerprint density at radius 3 is 2.89 bits per heavy atom. The number of benzene rings is 1. The molecular weight excluding hydrogens is 232 g/mol. The van der Waals surface area contributed by atoms with E-state index in [9.17, 15) is 9.90 Å². The largest absolute Gasteiger partial charge is 0.507 e. The summed E-state index contributed by atoms with van der Waals surface area (Å²) in [5.41, 5.74) is 0.801. The van der Waals surface area contributed by atoms with Crippen LogP contribution in [-0.2, 0) is 4.79 Å². The lowest BCUT2D eigenvalue weighted by atomic mass is 10.1. The van der Waals surface area contributed by atoms with Crippen LogP contribution in [0.3, 0.4) is 0 Å². The van der Waals surface area contributed by atoms with Crippen molar-refractivity contribution in [2.75, 3.05) is 13.7 Å². The molecule has 1 saturated heterocycles. The fraction of sp³-hybridized carbons (Fsp3) is 0.462. The van der Waals surface area contributed by atoms with Crippen molar-refractivity contribution < 1.29 is 14.6 Å². The molecule has 1 amide bonds. The molecular formula is C13H18N2O3. The normalized spacial score (nSPS) is 20.6. The second-order valence-electron chi connectivity index (χ2n) is 4.52. The number of aromatic hydroxyl groups is 1. The highest BCUT2D eigenvalue weighted by atomic mass is 16.5. The van der Waals surface area contributed by atoms with Gasteiger partial charge >= 0.3 is 0 Å². The summed E-state index contributed by atoms with van der Waals surface area (Å²) < 4.78 is 5.04. The smallest absolute Gasteiger partial charge is 0.221 e. The first-order chi connectivity index (χ1) is 8.60. The molecule has 1 heterocycles. The second kappa shape index (κ2) is 5.27. The van der Waals surface area contributed by atoms with Gasteiger partial charge in [0, 0.05) is 36.7 Å². The molecule has 2 unspecified atom stereocenters. The van der Waals surface area contributed by atoms with Crippen LogP contribution in [0.4, 0.5) is 0 Å². The van der Waals surface area contributed by atoms with E-state index in [1.165, 1.54) is 0 Å². The third-order valence-electron chi connectivity index (χ3n) is 3.17. The van der Waals surface area contributed by atoms with E-state index < -0.39 is 0 Å². The van der Waals surface area contributed by atoms with E-state index in [0.29, 0.717) is 18.7 Å². The lowest BCUT2D eigenvalue weighted by molar-refractivity contribution is -0.119. The average Bonchev–Trinajstić information content (AvgIpc) is 2.74. The molecule has 3 N–H and O–H groups in total. The first-order valence-electron chi connectivity index (χ1n) is 6.00. The molecule has 0 saturated carbocycles. The van der Waals surface area contributed by atoms with Crippen LogP contribution in [0.2, 0.25) is 0 Å². The number of methoxy groups -OCH3 is 1. The van der Waals surface area contributed by atoms with Gasteiger partial charge in [0.15, 0.2) is 0 Å². The minimum absolute atomic E-state index is 0.0198. The molecule has 1 aromatic rings. The van der Waals surface area contributed by atoms with Crippen molar-refractivity contribution in [1.29, 1.82) is 0 Å². The Morgan fingerprint density at radius 2 is 2.33 bits per heavy atom. The number of ether oxygens (including phenoxy) is 1. The van der Waals surface area contributed by atoms with Crippen molar-refractivity contribution in [2.45, 2.75) is 25.4 Å². The van der Waals surface area contributed by atoms with Gasteiger partial charge < -0.3 is 20.5 Å². The zero-order valence-electron chi connectivity index (χ0n) is 10.6. The van der Waals surface area contributed by atoms with Crippen LogP contribution in [0.15, 0.2) is 18.2 Å². The topological polar surface area (TPSA) is 70.6 Å². The minimum Gasteiger partial charge on any atom is -0.507 e. The number of phenolic OH excluding ortho intramolecular Hbond substituents is 1. The van der Waals surface area contributed by atoms with Crippen molar-refractivity contribution in [3.8, 4) is 11.5 Å². The number of phenols is 1. The fourth-order valence-corrected chi connectivity index (χ4v) is 2.18. The molecule has 1 aromatic carbocycles. The molecule has 0 bridgehead atoms. The van der Waals surface area contributed by atoms with E-state index in [2.05, 4.69) is 10.6 Å². The lowest BCUT2D eigenvalue weighted by Gasteiger charge is -2.19. The van der Waals surface area contributed by atoms with Crippen molar-refractivity contribution in [1.82, 2.24) is 10.6 Å². The minimum atomic E-state index is -0.0198. The maximum absolute atomic E-state index is 11.1. The predicted octanol–water partition coefficient (Wildman–Crippen LogP) is 0.940. The fourth-order valence-electron chi connectivity index (χ4n) is 2.18. The Kier molecular flexibility index (Phi) is 3.72. The second-order valence-corrected chi connectivity index (χ2v) is 4.52. The summed E-state index contributed by atoms with van der Waals surface area (Å²) in [7, 11) is 1.56. The first kappa shape index (κ1) is 12.7. The molecule has 0 spiro atoms. The molecule has 5 heteroatoms. The Labute approximate surface area is 106 Å². The molecule has 1 aliphatic heterocycles. The maximum atomic E-state index is 11.1. The number of carbonyl (C=O) groups excluding carboxylic acids is 1. The number of amides is 1. The van der Waals surface area contributed by atoms with Gasteiger partial charge in [0.25, 0.3) is 0 Å². The number of nitrogens with one attached hydrogen (secondary N) is 2. The average molecular weight is 250 g/mol. The summed E-state index contributed by atoms with van der Waals surface area (Å²) >= 11 is 0. The van der Waals surface area contributed by atoms with Crippen LogP contribution in [0, 0.1) is 0 Å². The standard InChI is InChI=1S/C13H18N2O3/c1-8(15-9-5-13(17)14-7-9)11-4-3-10(18-2)6-12(11)16/h3-4,6,8-9,15-16H,5,7H2,1-2H3,(H,14,17). The van der Waals surface area contributed by atoms with E-state index >= 15 is 0 Å². The van der Waals surface area contributed by atoms with E-state index in [1.54, 1.807) is 13.2 Å². The third-order valence-corrected chi connectivity index (χ3v) is 3.17. The molecule has 2 rings (SSSR count). The van der Waals surface area contributed by atoms with Crippen molar-refractivity contribution in [2.24, 2.45) is 0 Å². The Hall–Kier alpha value is -1.75. The molecule has 1 fully saturated rings. The Morgan fingerprint density at radius 1 is 1.56 bits per heavy atom. The van der Waals surface area contributed by atoms with Crippen LogP contribution in [0.5, 0.6) is 11.5 Å². The quantitative estimate of drug-likeness (QED) is 0.743. The maximum Gasteiger partial charge on any atom is 0.221 e. The Balaban J connectivity index is 2.04. The van der Waals surface area contributed by atoms with Gasteiger partial charge in [-0.3, -0.25) is 4.79 Å². The number of carbonyl (C=O) groups is 1. The van der Waals surface area contributed by atoms with Gasteiger partial charge in [0.05, 0.1) is 7.11 Å². The molecule has 2 atom stereocenters. The third kappa shape index (κ3) is 2.73. The van der Waals surface area contributed by atoms with E-state index in [0.717, 1.165) is 5.56 Å². The molecule has 18 heavy (non-hydrogen) atoms. The van der Waals surface area contributed by atoms with Crippen molar-refractivity contribution in [3.05, 3.63) is 23.8 Å². The monoisotopic (exact) mass is 250 g/mol. The summed E-state index contributed by atoms with van der Waals surface area (Å²) in [5, 5.41) is 16.0. The van der Waals surface area contributed by atoms with Crippen LogP contribution >= 0.6 is 0 Å². The zero-order valence-corrected chi connectivity index (χ0v) is 10.6. The SMILES string of the molecule is COc1ccc(C(C)NC2CNC(=O)C2)c(O)c1. The van der Waals surface area contributed by atoms with Gasteiger partial charge in [-0.1, -0.05) is 6.07 Å². The summed E-state index contributed by atoms with van der Waals surface area (Å²) in [5.74, 6) is 0.895. The van der Waals surface area contributed by atoms with Crippen molar-refractivity contribution >= 4 is 5.91 Å². The van der Waals surface area contributed by atoms with Gasteiger partial charge in [0.1, 0.15) is 11.5 Å². The number of hydrogen-bond acceptors (Lipinski definition) is 4. The molecule has 1 aliphatic rings. The molecule has 0 radical (unpaired) electrons. The molecule has 0 aromatic heterocycles. The first-order valence-corrected chi connectivity index (χ1v) is 6.00. The molecule has 0 aliphatic carbocycles. The highest BCUT2D eigenvalue weighted by Gasteiger charge is 2.23. The van der Waals surface area contributed by atoms with E-state index in [4.69, 9.17) is 4.74 Å². The van der Waals surface area contributed by atoms with Gasteiger partial charge in [-0.05, 0) is 13.0 Å². The van der Waals surface area contributed by atoms with Gasteiger partial charge in [-0.2, -0.15) is 0 Å². The van der Waals surface area contributed by atoms with Gasteiger partial charge in [-0.15, -0.1) is 0 Å². The predicted molar refractivity (Wildman–Crippen MR) is 67.6 cm³/mol. The van der Waals surface area contributed by atoms with Crippen molar-refractivity contribution in [3.63, 3.8) is 0 Å². The highest BCUT2D eigenvalue weighted by molar-refractivity contribution is 5.78. The summed E-state index contributed by atoms with van der Waals surface area (Å²) in [6, 6.07) is 5.33. The molecule has 5 nitrogen and oxygen atoms in total. The van der Waals surface area contributed by atoms with Crippen LogP contribution < -0.4 is 15.4 Å². The number of hydrogen-bond donors (Lipinski definition) is 3. The van der Waals surface area contributed by atoms with Crippen LogP contribution in [-0.4, -0.2) is 30.7 Å². The summed E-state index contributed by atoms with van der Waals surface area (Å²) in [6.45, 7) is 2.60. The zero-order chi connectivity index (χ0) is 13.1. The van der Waals surface area contributed by atoms with Gasteiger partial charge in [0.2, 0.25) is 5.91 Å². The molecule has 98 valence electrons.